The first kappa shape index (κ1) is 10.3. The number of rotatable bonds is 5. The Balaban J connectivity index is 2.04. The minimum atomic E-state index is 0.635. The summed E-state index contributed by atoms with van der Waals surface area (Å²) < 4.78 is 5.57. The van der Waals surface area contributed by atoms with Gasteiger partial charge in [-0.1, -0.05) is 6.92 Å². The van der Waals surface area contributed by atoms with Gasteiger partial charge in [-0.05, 0) is 18.0 Å². The van der Waals surface area contributed by atoms with Crippen molar-refractivity contribution in [2.45, 2.75) is 6.92 Å². The first-order valence-electron chi connectivity index (χ1n) is 4.93. The van der Waals surface area contributed by atoms with Crippen LogP contribution in [0.4, 0.5) is 0 Å². The van der Waals surface area contributed by atoms with Crippen molar-refractivity contribution >= 4 is 21.6 Å². The SMILES string of the molecule is CCNCCOc1ncnc2sccc12. The second-order valence-corrected chi connectivity index (χ2v) is 3.91. The van der Waals surface area contributed by atoms with Gasteiger partial charge >= 0.3 is 0 Å². The molecule has 2 heterocycles. The molecule has 0 aliphatic carbocycles. The van der Waals surface area contributed by atoms with Gasteiger partial charge in [-0.15, -0.1) is 11.3 Å². The summed E-state index contributed by atoms with van der Waals surface area (Å²) in [6.07, 6.45) is 1.54. The van der Waals surface area contributed by atoms with Gasteiger partial charge in [0.05, 0.1) is 5.39 Å². The van der Waals surface area contributed by atoms with E-state index in [0.717, 1.165) is 23.3 Å². The molecule has 2 aromatic heterocycles. The summed E-state index contributed by atoms with van der Waals surface area (Å²) in [6.45, 7) is 4.50. The van der Waals surface area contributed by atoms with Crippen LogP contribution >= 0.6 is 11.3 Å². The van der Waals surface area contributed by atoms with E-state index in [1.54, 1.807) is 17.7 Å². The second kappa shape index (κ2) is 5.04. The molecule has 0 amide bonds. The zero-order chi connectivity index (χ0) is 10.5. The predicted octanol–water partition coefficient (Wildman–Crippen LogP) is 1.68. The number of ether oxygens (including phenoxy) is 1. The molecule has 0 aromatic carbocycles. The number of thiophene rings is 1. The number of likely N-dealkylation sites (N-methyl/N-ethyl adjacent to an activating group) is 1. The molecule has 0 fully saturated rings. The van der Waals surface area contributed by atoms with E-state index in [-0.39, 0.29) is 0 Å². The summed E-state index contributed by atoms with van der Waals surface area (Å²) in [7, 11) is 0. The van der Waals surface area contributed by atoms with Crippen LogP contribution in [0.15, 0.2) is 17.8 Å². The first-order chi connectivity index (χ1) is 7.42. The van der Waals surface area contributed by atoms with Crippen molar-refractivity contribution in [2.75, 3.05) is 19.7 Å². The van der Waals surface area contributed by atoms with Crippen molar-refractivity contribution < 1.29 is 4.74 Å². The molecule has 4 nitrogen and oxygen atoms in total. The van der Waals surface area contributed by atoms with E-state index in [0.29, 0.717) is 12.5 Å². The highest BCUT2D eigenvalue weighted by Crippen LogP contribution is 2.25. The van der Waals surface area contributed by atoms with Crippen LogP contribution in [0.1, 0.15) is 6.92 Å². The maximum Gasteiger partial charge on any atom is 0.225 e. The third kappa shape index (κ3) is 2.43. The van der Waals surface area contributed by atoms with Gasteiger partial charge in [0.2, 0.25) is 5.88 Å². The summed E-state index contributed by atoms with van der Waals surface area (Å²) in [5.41, 5.74) is 0. The fraction of sp³-hybridized carbons (Fsp3) is 0.400. The molecule has 0 spiro atoms. The van der Waals surface area contributed by atoms with E-state index in [4.69, 9.17) is 4.74 Å². The Kier molecular flexibility index (Phi) is 3.47. The van der Waals surface area contributed by atoms with Gasteiger partial charge < -0.3 is 10.1 Å². The molecular formula is C10H13N3OS. The molecule has 0 aliphatic heterocycles. The molecule has 2 rings (SSSR count). The average Bonchev–Trinajstić information content (AvgIpc) is 2.73. The number of nitrogens with one attached hydrogen (secondary N) is 1. The normalized spacial score (nSPS) is 10.7. The highest BCUT2D eigenvalue weighted by atomic mass is 32.1. The monoisotopic (exact) mass is 223 g/mol. The maximum absolute atomic E-state index is 5.57. The van der Waals surface area contributed by atoms with Crippen LogP contribution in [0, 0.1) is 0 Å². The van der Waals surface area contributed by atoms with Crippen molar-refractivity contribution in [1.29, 1.82) is 0 Å². The van der Waals surface area contributed by atoms with Gasteiger partial charge in [0.25, 0.3) is 0 Å². The molecular weight excluding hydrogens is 210 g/mol. The molecule has 0 radical (unpaired) electrons. The molecule has 80 valence electrons. The Morgan fingerprint density at radius 1 is 1.47 bits per heavy atom. The zero-order valence-corrected chi connectivity index (χ0v) is 9.38. The molecule has 0 aliphatic rings. The summed E-state index contributed by atoms with van der Waals surface area (Å²) in [4.78, 5) is 9.26. The largest absolute Gasteiger partial charge is 0.476 e. The molecule has 0 unspecified atom stereocenters. The molecule has 15 heavy (non-hydrogen) atoms. The van der Waals surface area contributed by atoms with Gasteiger partial charge in [-0.3, -0.25) is 0 Å². The fourth-order valence-electron chi connectivity index (χ4n) is 1.28. The molecule has 5 heteroatoms. The van der Waals surface area contributed by atoms with E-state index in [9.17, 15) is 0 Å². The Morgan fingerprint density at radius 3 is 3.27 bits per heavy atom. The smallest absolute Gasteiger partial charge is 0.225 e. The van der Waals surface area contributed by atoms with Gasteiger partial charge in [-0.25, -0.2) is 9.97 Å². The summed E-state index contributed by atoms with van der Waals surface area (Å²) in [5.74, 6) is 0.680. The average molecular weight is 223 g/mol. The van der Waals surface area contributed by atoms with E-state index >= 15 is 0 Å². The molecule has 0 atom stereocenters. The lowest BCUT2D eigenvalue weighted by molar-refractivity contribution is 0.307. The topological polar surface area (TPSA) is 47.0 Å². The summed E-state index contributed by atoms with van der Waals surface area (Å²) >= 11 is 1.60. The summed E-state index contributed by atoms with van der Waals surface area (Å²) in [5, 5.41) is 6.19. The van der Waals surface area contributed by atoms with Crippen LogP contribution in [0.3, 0.4) is 0 Å². The lowest BCUT2D eigenvalue weighted by Gasteiger charge is -2.05. The summed E-state index contributed by atoms with van der Waals surface area (Å²) in [6, 6.07) is 1.99. The lowest BCUT2D eigenvalue weighted by atomic mass is 10.4. The zero-order valence-electron chi connectivity index (χ0n) is 8.56. The Bertz CT molecular complexity index is 429. The standard InChI is InChI=1S/C10H13N3OS/c1-2-11-4-5-14-9-8-3-6-15-10(8)13-7-12-9/h3,6-7,11H,2,4-5H2,1H3. The molecule has 0 saturated carbocycles. The van der Waals surface area contributed by atoms with Crippen LogP contribution in [0.2, 0.25) is 0 Å². The number of fused-ring (bicyclic) bond motifs is 1. The molecule has 1 N–H and O–H groups in total. The highest BCUT2D eigenvalue weighted by molar-refractivity contribution is 7.16. The van der Waals surface area contributed by atoms with Gasteiger partial charge in [0, 0.05) is 6.54 Å². The van der Waals surface area contributed by atoms with E-state index < -0.39 is 0 Å². The molecule has 2 aromatic rings. The number of aromatic nitrogens is 2. The van der Waals surface area contributed by atoms with Crippen LogP contribution in [0.25, 0.3) is 10.2 Å². The fourth-order valence-corrected chi connectivity index (χ4v) is 2.00. The number of hydrogen-bond donors (Lipinski definition) is 1. The minimum Gasteiger partial charge on any atom is -0.476 e. The third-order valence-electron chi connectivity index (χ3n) is 1.99. The van der Waals surface area contributed by atoms with Crippen LogP contribution in [-0.4, -0.2) is 29.7 Å². The quantitative estimate of drug-likeness (QED) is 0.783. The Labute approximate surface area is 92.3 Å². The van der Waals surface area contributed by atoms with Crippen molar-refractivity contribution in [1.82, 2.24) is 15.3 Å². The second-order valence-electron chi connectivity index (χ2n) is 3.02. The van der Waals surface area contributed by atoms with Crippen molar-refractivity contribution in [2.24, 2.45) is 0 Å². The van der Waals surface area contributed by atoms with E-state index in [2.05, 4.69) is 22.2 Å². The van der Waals surface area contributed by atoms with Crippen molar-refractivity contribution in [3.05, 3.63) is 17.8 Å². The third-order valence-corrected chi connectivity index (χ3v) is 2.81. The number of hydrogen-bond acceptors (Lipinski definition) is 5. The Hall–Kier alpha value is -1.20. The first-order valence-corrected chi connectivity index (χ1v) is 5.81. The number of nitrogens with zero attached hydrogens (tertiary/aromatic N) is 2. The van der Waals surface area contributed by atoms with Gasteiger partial charge in [0.15, 0.2) is 0 Å². The molecule has 0 bridgehead atoms. The van der Waals surface area contributed by atoms with Crippen LogP contribution in [-0.2, 0) is 0 Å². The van der Waals surface area contributed by atoms with Crippen molar-refractivity contribution in [3.63, 3.8) is 0 Å². The van der Waals surface area contributed by atoms with E-state index in [1.807, 2.05) is 11.4 Å². The molecule has 0 saturated heterocycles. The highest BCUT2D eigenvalue weighted by Gasteiger charge is 2.04. The van der Waals surface area contributed by atoms with Gasteiger partial charge in [0.1, 0.15) is 17.8 Å². The van der Waals surface area contributed by atoms with Crippen LogP contribution in [0.5, 0.6) is 5.88 Å². The van der Waals surface area contributed by atoms with E-state index in [1.165, 1.54) is 0 Å². The maximum atomic E-state index is 5.57. The predicted molar refractivity (Wildman–Crippen MR) is 61.5 cm³/mol. The van der Waals surface area contributed by atoms with Crippen molar-refractivity contribution in [3.8, 4) is 5.88 Å². The van der Waals surface area contributed by atoms with Gasteiger partial charge in [-0.2, -0.15) is 0 Å². The minimum absolute atomic E-state index is 0.635. The lowest BCUT2D eigenvalue weighted by Crippen LogP contribution is -2.20. The Morgan fingerprint density at radius 2 is 2.40 bits per heavy atom. The van der Waals surface area contributed by atoms with Crippen LogP contribution < -0.4 is 10.1 Å².